The van der Waals surface area contributed by atoms with Crippen LogP contribution in [-0.4, -0.2) is 417 Å². The highest BCUT2D eigenvalue weighted by atomic mass is 28.3. The molecule has 0 atom stereocenters. The highest BCUT2D eigenvalue weighted by Crippen LogP contribution is 1.95. The van der Waals surface area contributed by atoms with Crippen LogP contribution in [0.15, 0.2) is 0 Å². The fraction of sp³-hybridized carbons (Fsp3) is 1.00. The van der Waals surface area contributed by atoms with Gasteiger partial charge in [0, 0.05) is 250 Å². The summed E-state index contributed by atoms with van der Waals surface area (Å²) < 4.78 is 5.02. The van der Waals surface area contributed by atoms with Gasteiger partial charge in [-0.1, -0.05) is 346 Å². The molecule has 0 saturated carbocycles. The Morgan fingerprint density at radius 3 is 0.524 bits per heavy atom. The first kappa shape index (κ1) is 160. The minimum absolute atomic E-state index is 0.220. The molecule has 0 spiro atoms. The van der Waals surface area contributed by atoms with Crippen LogP contribution in [0.4, 0.5) is 0 Å². The molecule has 0 aliphatic carbocycles. The van der Waals surface area contributed by atoms with Gasteiger partial charge in [0.15, 0.2) is 0 Å². The summed E-state index contributed by atoms with van der Waals surface area (Å²) in [5.74, 6) is 0. The summed E-state index contributed by atoms with van der Waals surface area (Å²) in [4.78, 5) is 4.76. The zero-order valence-corrected chi connectivity index (χ0v) is 139. The third-order valence-electron chi connectivity index (χ3n) is 15.7. The van der Waals surface area contributed by atoms with Crippen LogP contribution in [0, 0.1) is 0 Å². The maximum absolute atomic E-state index is 2.64. The second kappa shape index (κ2) is 221. The first-order valence-corrected chi connectivity index (χ1v) is 121. The summed E-state index contributed by atoms with van der Waals surface area (Å²) in [6.07, 6.45) is 8.58. The van der Waals surface area contributed by atoms with Gasteiger partial charge < -0.3 is 18.9 Å². The Labute approximate surface area is 767 Å². The molecule has 0 aromatic heterocycles. The molecule has 0 aliphatic rings. The van der Waals surface area contributed by atoms with Gasteiger partial charge in [0.25, 0.3) is 0 Å². The summed E-state index contributed by atoms with van der Waals surface area (Å²) >= 11 is 0. The fourth-order valence-electron chi connectivity index (χ4n) is 6.67. The van der Waals surface area contributed by atoms with Crippen LogP contribution in [-0.2, 0) is 0 Å². The number of hydrogen-bond donors (Lipinski definition) is 0. The van der Waals surface area contributed by atoms with Crippen molar-refractivity contribution in [2.75, 3.05) is 67.5 Å². The molecule has 668 valence electrons. The molecule has 38 heteroatoms. The summed E-state index contributed by atoms with van der Waals surface area (Å²) in [7, 11) is 32.4. The monoisotopic (exact) mass is 2060 g/mol. The lowest BCUT2D eigenvalue weighted by Crippen LogP contribution is -2.27. The highest BCUT2D eigenvalue weighted by molar-refractivity contribution is 6.56. The van der Waals surface area contributed by atoms with E-state index in [0.717, 1.165) is 0 Å². The third kappa shape index (κ3) is 378. The Morgan fingerprint density at radius 2 is 0.419 bits per heavy atom. The van der Waals surface area contributed by atoms with Gasteiger partial charge in [-0.15, -0.1) is 0 Å². The second-order valence-electron chi connectivity index (χ2n) is 28.7. The SMILES string of the molecule is CCCC[SiH2]C.CCCC[SiH2]C.CCN(CC)CCC[SiH2]C.CCN(CC)[SiH2]C[SiH2]C.C[SiH2]CCCN(C)C.C[SiH2]CC[SiH3].C[SiH2]CC[SiH3].C[SiH2]CC[SiH3].C[SiH2]C[SiH2]C.C[SiH2]C[SiH2]C.C[SiH2]C[SiH2]C.C[SiH2]C[SiH2]C.C[SiH2]C[SiH2]N(C)C.C[SiH2]C[SiH3].C[SiH2]C[SiH3].C[SiH2]C[SiH3].C[SiH2]C[SiH3].C[SiH2]C[SiH3].C[SiH2]C[SiH3]. The average Bonchev–Trinajstić information content (AvgIpc) is 2.40. The molecule has 0 radical (unpaired) electrons. The molecular formula is C67H244N4Si34. The van der Waals surface area contributed by atoms with Crippen molar-refractivity contribution in [3.63, 3.8) is 0 Å². The van der Waals surface area contributed by atoms with Gasteiger partial charge in [0.05, 0.1) is 19.4 Å². The van der Waals surface area contributed by atoms with Crippen molar-refractivity contribution in [3.8, 4) is 0 Å². The van der Waals surface area contributed by atoms with Crippen molar-refractivity contribution < 1.29 is 0 Å². The summed E-state index contributed by atoms with van der Waals surface area (Å²) in [5, 5.41) is 0. The minimum atomic E-state index is 0.220. The van der Waals surface area contributed by atoms with E-state index in [2.05, 4.69) is 239 Å². The molecule has 0 heterocycles. The van der Waals surface area contributed by atoms with Crippen LogP contribution in [0.1, 0.15) is 80.1 Å². The summed E-state index contributed by atoms with van der Waals surface area (Å²) in [6.45, 7) is 75.8. The maximum Gasteiger partial charge on any atom is 0.0919 e. The standard InChI is InChI=1S/C8H21NSi.C6H19NSi2.C6H17NSi.2C5H14Si.C4H15NSi2.7C3H12Si2.6C2H10Si2/c1-4-9(5-2)7-6-8-10-3;1-4-7(5-2)9-6-8-3;1-7(2)5-4-6-8-3;2*1-3-4-5-6-2;1-5(2)7-4-6-3;4*1-4-3-5-2;3*1-5-3-2-4;6*1-4-2-3/h4-8,10H2,1-3H3;4-6,8-9H2,1-3H3;4-6,8H2,1-3H3;2*3-6H2,1-2H3;4,6-7H2,1-3H3;4*3-5H2,1-2H3;3*2-3,5H2,1,4H3;6*2,4H2,1,3H3. The van der Waals surface area contributed by atoms with Crippen LogP contribution in [0.5, 0.6) is 0 Å². The Morgan fingerprint density at radius 1 is 0.219 bits per heavy atom. The lowest BCUT2D eigenvalue weighted by molar-refractivity contribution is 0.304. The average molecular weight is 2060 g/mol. The van der Waals surface area contributed by atoms with Crippen molar-refractivity contribution in [1.29, 1.82) is 0 Å². The Bertz CT molecular complexity index is 847. The maximum atomic E-state index is 2.64. The Balaban J connectivity index is -0.0000000440. The highest BCUT2D eigenvalue weighted by Gasteiger charge is 1.97. The van der Waals surface area contributed by atoms with Crippen LogP contribution in [0.25, 0.3) is 0 Å². The Kier molecular flexibility index (Phi) is 336. The van der Waals surface area contributed by atoms with E-state index in [4.69, 9.17) is 0 Å². The quantitative estimate of drug-likeness (QED) is 0.0449. The van der Waals surface area contributed by atoms with Gasteiger partial charge in [-0.3, -0.25) is 0 Å². The predicted octanol–water partition coefficient (Wildman–Crippen LogP) is -4.93. The van der Waals surface area contributed by atoms with Crippen molar-refractivity contribution in [3.05, 3.63) is 0 Å². The molecule has 0 N–H and O–H groups in total. The van der Waals surface area contributed by atoms with E-state index in [9.17, 15) is 0 Å². The molecule has 0 saturated heterocycles. The molecule has 0 aromatic rings. The van der Waals surface area contributed by atoms with Gasteiger partial charge in [-0.25, -0.2) is 0 Å². The third-order valence-corrected chi connectivity index (χ3v) is 88.4. The zero-order valence-electron chi connectivity index (χ0n) is 85.5. The van der Waals surface area contributed by atoms with Crippen LogP contribution < -0.4 is 0 Å². The van der Waals surface area contributed by atoms with Crippen molar-refractivity contribution >= 4 is 330 Å². The minimum Gasteiger partial charge on any atom is -0.335 e. The molecule has 0 bridgehead atoms. The largest absolute Gasteiger partial charge is 0.335 e. The zero-order chi connectivity index (χ0) is 86.0. The van der Waals surface area contributed by atoms with E-state index in [-0.39, 0.29) is 19.4 Å². The predicted molar refractivity (Wildman–Crippen MR) is 666 cm³/mol. The summed E-state index contributed by atoms with van der Waals surface area (Å²) in [6, 6.07) is 15.5. The van der Waals surface area contributed by atoms with Gasteiger partial charge in [0.1, 0.15) is 0 Å². The number of nitrogens with zero attached hydrogens (tertiary/aromatic N) is 4. The first-order chi connectivity index (χ1) is 50.4. The van der Waals surface area contributed by atoms with E-state index in [1.54, 1.807) is 116 Å². The summed E-state index contributed by atoms with van der Waals surface area (Å²) in [5.41, 5.74) is 19.5. The smallest absolute Gasteiger partial charge is 0.0919 e. The molecular weight excluding hydrogens is 1820 g/mol. The second-order valence-corrected chi connectivity index (χ2v) is 104. The van der Waals surface area contributed by atoms with E-state index in [0.29, 0.717) is 219 Å². The molecule has 0 amide bonds. The van der Waals surface area contributed by atoms with Gasteiger partial charge in [-0.2, -0.15) is 0 Å². The topological polar surface area (TPSA) is 13.0 Å². The van der Waals surface area contributed by atoms with E-state index >= 15 is 0 Å². The molecule has 4 nitrogen and oxygen atoms in total. The number of hydrogen-bond acceptors (Lipinski definition) is 4. The van der Waals surface area contributed by atoms with Crippen LogP contribution >= 0.6 is 0 Å². The molecule has 0 aliphatic heterocycles. The first-order valence-electron chi connectivity index (χ1n) is 49.2. The molecule has 0 unspecified atom stereocenters. The van der Waals surface area contributed by atoms with Gasteiger partial charge in [-0.05, 0) is 142 Å². The van der Waals surface area contributed by atoms with E-state index in [1.807, 2.05) is 0 Å². The lowest BCUT2D eigenvalue weighted by Gasteiger charge is -2.16. The van der Waals surface area contributed by atoms with Crippen molar-refractivity contribution in [2.45, 2.75) is 359 Å². The van der Waals surface area contributed by atoms with Crippen LogP contribution in [0.2, 0.25) is 279 Å². The molecule has 0 rings (SSSR count). The molecule has 105 heavy (non-hydrogen) atoms. The van der Waals surface area contributed by atoms with Gasteiger partial charge >= 0.3 is 0 Å². The number of unbranched alkanes of at least 4 members (excludes halogenated alkanes) is 2. The van der Waals surface area contributed by atoms with Crippen molar-refractivity contribution in [1.82, 2.24) is 18.9 Å². The lowest BCUT2D eigenvalue weighted by atomic mass is 10.4. The normalized spacial score (nSPS) is 12.1. The molecule has 0 aromatic carbocycles. The van der Waals surface area contributed by atoms with Crippen LogP contribution in [0.3, 0.4) is 0 Å². The molecule has 0 fully saturated rings. The fourth-order valence-corrected chi connectivity index (χ4v) is 37.4. The van der Waals surface area contributed by atoms with E-state index < -0.39 is 0 Å². The number of rotatable bonds is 44. The Hall–Kier alpha value is 7.21. The van der Waals surface area contributed by atoms with E-state index in [1.165, 1.54) is 182 Å². The van der Waals surface area contributed by atoms with Crippen molar-refractivity contribution in [2.24, 2.45) is 0 Å². The van der Waals surface area contributed by atoms with Gasteiger partial charge in [0.2, 0.25) is 0 Å².